The second-order valence-electron chi connectivity index (χ2n) is 5.28. The molecule has 0 saturated carbocycles. The number of benzene rings is 1. The summed E-state index contributed by atoms with van der Waals surface area (Å²) in [5, 5.41) is 12.6. The van der Waals surface area contributed by atoms with Crippen molar-refractivity contribution >= 4 is 15.9 Å². The van der Waals surface area contributed by atoms with E-state index in [9.17, 15) is 5.11 Å². The standard InChI is InChI=1S/C15H24BrNO2/c1-11(2)9-17-10-13-4-5-15(14(16)8-13)19-7-6-12(3)18/h4-5,8,11-12,17-18H,6-7,9-10H2,1-3H3. The van der Waals surface area contributed by atoms with E-state index in [1.807, 2.05) is 6.07 Å². The van der Waals surface area contributed by atoms with Crippen molar-refractivity contribution in [3.63, 3.8) is 0 Å². The third-order valence-corrected chi connectivity index (χ3v) is 3.29. The minimum atomic E-state index is -0.321. The lowest BCUT2D eigenvalue weighted by Crippen LogP contribution is -2.18. The van der Waals surface area contributed by atoms with E-state index in [4.69, 9.17) is 4.74 Å². The van der Waals surface area contributed by atoms with Crippen LogP contribution in [-0.4, -0.2) is 24.4 Å². The lowest BCUT2D eigenvalue weighted by Gasteiger charge is -2.12. The molecule has 0 aromatic heterocycles. The van der Waals surface area contributed by atoms with Gasteiger partial charge in [-0.15, -0.1) is 0 Å². The van der Waals surface area contributed by atoms with Gasteiger partial charge in [0.1, 0.15) is 5.75 Å². The number of aliphatic hydroxyl groups excluding tert-OH is 1. The molecule has 19 heavy (non-hydrogen) atoms. The topological polar surface area (TPSA) is 41.5 Å². The van der Waals surface area contributed by atoms with Crippen molar-refractivity contribution < 1.29 is 9.84 Å². The summed E-state index contributed by atoms with van der Waals surface area (Å²) in [5.74, 6) is 1.49. The molecule has 3 nitrogen and oxygen atoms in total. The van der Waals surface area contributed by atoms with Gasteiger partial charge in [0.15, 0.2) is 0 Å². The van der Waals surface area contributed by atoms with Crippen molar-refractivity contribution in [3.05, 3.63) is 28.2 Å². The van der Waals surface area contributed by atoms with Gasteiger partial charge in [-0.25, -0.2) is 0 Å². The monoisotopic (exact) mass is 329 g/mol. The molecule has 108 valence electrons. The maximum absolute atomic E-state index is 9.19. The zero-order chi connectivity index (χ0) is 14.3. The highest BCUT2D eigenvalue weighted by Crippen LogP contribution is 2.26. The lowest BCUT2D eigenvalue weighted by molar-refractivity contribution is 0.155. The minimum Gasteiger partial charge on any atom is -0.492 e. The van der Waals surface area contributed by atoms with Crippen LogP contribution in [0.4, 0.5) is 0 Å². The normalized spacial score (nSPS) is 12.7. The number of hydrogen-bond acceptors (Lipinski definition) is 3. The molecule has 1 rings (SSSR count). The summed E-state index contributed by atoms with van der Waals surface area (Å²) in [4.78, 5) is 0. The number of aliphatic hydroxyl groups is 1. The summed E-state index contributed by atoms with van der Waals surface area (Å²) in [6, 6.07) is 6.11. The second kappa shape index (κ2) is 8.56. The Hall–Kier alpha value is -0.580. The molecule has 0 aliphatic rings. The molecule has 0 aliphatic carbocycles. The lowest BCUT2D eigenvalue weighted by atomic mass is 10.2. The first-order valence-corrected chi connectivity index (χ1v) is 7.58. The third-order valence-electron chi connectivity index (χ3n) is 2.67. The van der Waals surface area contributed by atoms with Crippen LogP contribution in [0.2, 0.25) is 0 Å². The summed E-state index contributed by atoms with van der Waals surface area (Å²) in [6.07, 6.45) is 0.322. The molecule has 0 heterocycles. The van der Waals surface area contributed by atoms with Crippen LogP contribution < -0.4 is 10.1 Å². The summed E-state index contributed by atoms with van der Waals surface area (Å²) in [7, 11) is 0. The van der Waals surface area contributed by atoms with Crippen LogP contribution >= 0.6 is 15.9 Å². The van der Waals surface area contributed by atoms with Gasteiger partial charge in [0.2, 0.25) is 0 Å². The van der Waals surface area contributed by atoms with Gasteiger partial charge in [-0.3, -0.25) is 0 Å². The van der Waals surface area contributed by atoms with Crippen molar-refractivity contribution in [2.24, 2.45) is 5.92 Å². The molecule has 0 aliphatic heterocycles. The maximum atomic E-state index is 9.19. The van der Waals surface area contributed by atoms with Crippen molar-refractivity contribution in [2.45, 2.75) is 39.8 Å². The fourth-order valence-electron chi connectivity index (χ4n) is 1.62. The van der Waals surface area contributed by atoms with Crippen LogP contribution in [-0.2, 0) is 6.54 Å². The summed E-state index contributed by atoms with van der Waals surface area (Å²) in [5.41, 5.74) is 1.23. The summed E-state index contributed by atoms with van der Waals surface area (Å²) >= 11 is 3.52. The second-order valence-corrected chi connectivity index (χ2v) is 6.13. The Balaban J connectivity index is 2.45. The molecule has 0 saturated heterocycles. The van der Waals surface area contributed by atoms with Gasteiger partial charge < -0.3 is 15.2 Å². The van der Waals surface area contributed by atoms with Crippen LogP contribution in [0.3, 0.4) is 0 Å². The molecule has 4 heteroatoms. The first kappa shape index (κ1) is 16.5. The van der Waals surface area contributed by atoms with E-state index in [2.05, 4.69) is 47.2 Å². The Labute approximate surface area is 124 Å². The smallest absolute Gasteiger partial charge is 0.133 e. The molecule has 1 aromatic carbocycles. The van der Waals surface area contributed by atoms with Gasteiger partial charge in [0.05, 0.1) is 17.2 Å². The van der Waals surface area contributed by atoms with Gasteiger partial charge in [-0.1, -0.05) is 19.9 Å². The predicted octanol–water partition coefficient (Wildman–Crippen LogP) is 3.34. The fourth-order valence-corrected chi connectivity index (χ4v) is 2.16. The van der Waals surface area contributed by atoms with E-state index in [1.165, 1.54) is 5.56 Å². The van der Waals surface area contributed by atoms with E-state index < -0.39 is 0 Å². The van der Waals surface area contributed by atoms with Crippen molar-refractivity contribution in [1.29, 1.82) is 0 Å². The summed E-state index contributed by atoms with van der Waals surface area (Å²) in [6.45, 7) is 8.57. The van der Waals surface area contributed by atoms with E-state index in [0.29, 0.717) is 18.9 Å². The van der Waals surface area contributed by atoms with Crippen LogP contribution in [0.25, 0.3) is 0 Å². The van der Waals surface area contributed by atoms with Crippen molar-refractivity contribution in [3.8, 4) is 5.75 Å². The fraction of sp³-hybridized carbons (Fsp3) is 0.600. The predicted molar refractivity (Wildman–Crippen MR) is 82.5 cm³/mol. The number of nitrogens with one attached hydrogen (secondary N) is 1. The number of rotatable bonds is 8. The SMILES string of the molecule is CC(C)CNCc1ccc(OCCC(C)O)c(Br)c1. The van der Waals surface area contributed by atoms with Gasteiger partial charge in [-0.2, -0.15) is 0 Å². The van der Waals surface area contributed by atoms with Gasteiger partial charge in [0.25, 0.3) is 0 Å². The first-order valence-electron chi connectivity index (χ1n) is 6.79. The molecule has 0 fully saturated rings. The van der Waals surface area contributed by atoms with E-state index in [1.54, 1.807) is 6.92 Å². The Morgan fingerprint density at radius 2 is 2.05 bits per heavy atom. The molecule has 1 atom stereocenters. The Morgan fingerprint density at radius 3 is 2.63 bits per heavy atom. The molecule has 0 spiro atoms. The van der Waals surface area contributed by atoms with Crippen LogP contribution in [0.15, 0.2) is 22.7 Å². The van der Waals surface area contributed by atoms with E-state index >= 15 is 0 Å². The average molecular weight is 330 g/mol. The molecular weight excluding hydrogens is 306 g/mol. The van der Waals surface area contributed by atoms with Crippen molar-refractivity contribution in [2.75, 3.05) is 13.2 Å². The van der Waals surface area contributed by atoms with Gasteiger partial charge in [0, 0.05) is 13.0 Å². The van der Waals surface area contributed by atoms with E-state index in [0.717, 1.165) is 23.3 Å². The van der Waals surface area contributed by atoms with Gasteiger partial charge in [-0.05, 0) is 53.0 Å². The molecular formula is C15H24BrNO2. The molecule has 2 N–H and O–H groups in total. The molecule has 1 aromatic rings. The minimum absolute atomic E-state index is 0.321. The largest absolute Gasteiger partial charge is 0.492 e. The highest BCUT2D eigenvalue weighted by Gasteiger charge is 2.04. The number of ether oxygens (including phenoxy) is 1. The third kappa shape index (κ3) is 6.95. The molecule has 0 amide bonds. The maximum Gasteiger partial charge on any atom is 0.133 e. The molecule has 0 bridgehead atoms. The highest BCUT2D eigenvalue weighted by molar-refractivity contribution is 9.10. The Morgan fingerprint density at radius 1 is 1.32 bits per heavy atom. The quantitative estimate of drug-likeness (QED) is 0.768. The van der Waals surface area contributed by atoms with Crippen LogP contribution in [0.1, 0.15) is 32.8 Å². The van der Waals surface area contributed by atoms with Crippen LogP contribution in [0.5, 0.6) is 5.75 Å². The van der Waals surface area contributed by atoms with Gasteiger partial charge >= 0.3 is 0 Å². The zero-order valence-electron chi connectivity index (χ0n) is 11.9. The van der Waals surface area contributed by atoms with E-state index in [-0.39, 0.29) is 6.10 Å². The Kier molecular flexibility index (Phi) is 7.42. The Bertz CT molecular complexity index is 380. The zero-order valence-corrected chi connectivity index (χ0v) is 13.5. The first-order chi connectivity index (χ1) is 8.99. The molecule has 1 unspecified atom stereocenters. The van der Waals surface area contributed by atoms with Crippen LogP contribution in [0, 0.1) is 5.92 Å². The molecule has 0 radical (unpaired) electrons. The number of hydrogen-bond donors (Lipinski definition) is 2. The number of halogens is 1. The van der Waals surface area contributed by atoms with Crippen molar-refractivity contribution in [1.82, 2.24) is 5.32 Å². The average Bonchev–Trinajstić information content (AvgIpc) is 2.31. The summed E-state index contributed by atoms with van der Waals surface area (Å²) < 4.78 is 6.58. The highest BCUT2D eigenvalue weighted by atomic mass is 79.9.